The minimum absolute atomic E-state index is 0. The second kappa shape index (κ2) is 13.4. The van der Waals surface area contributed by atoms with Gasteiger partial charge < -0.3 is 5.11 Å². The van der Waals surface area contributed by atoms with Gasteiger partial charge in [-0.3, -0.25) is 4.79 Å². The summed E-state index contributed by atoms with van der Waals surface area (Å²) in [5.74, 6) is -0.661. The van der Waals surface area contributed by atoms with Gasteiger partial charge in [0.25, 0.3) is 0 Å². The molecule has 0 aliphatic rings. The molecule has 2 radical (unpaired) electrons. The number of carboxylic acid groups (broad SMARTS) is 1. The van der Waals surface area contributed by atoms with E-state index in [-0.39, 0.29) is 27.3 Å². The fraction of sp³-hybridized carbons (Fsp3) is 0.909. The molecule has 0 aromatic carbocycles. The summed E-state index contributed by atoms with van der Waals surface area (Å²) < 4.78 is 0. The van der Waals surface area contributed by atoms with Gasteiger partial charge in [-0.25, -0.2) is 0 Å². The third kappa shape index (κ3) is 14.9. The maximum absolute atomic E-state index is 10.2. The minimum atomic E-state index is -0.661. The van der Waals surface area contributed by atoms with Gasteiger partial charge in [0.05, 0.1) is 0 Å². The van der Waals surface area contributed by atoms with Crippen LogP contribution in [0.5, 0.6) is 0 Å². The number of unbranched alkanes of at least 4 members (excludes halogenated alkanes) is 7. The average Bonchev–Trinajstić information content (AvgIpc) is 2.09. The van der Waals surface area contributed by atoms with E-state index in [2.05, 4.69) is 6.92 Å². The van der Waals surface area contributed by atoms with Crippen LogP contribution < -0.4 is 0 Å². The zero-order chi connectivity index (χ0) is 9.94. The van der Waals surface area contributed by atoms with E-state index in [9.17, 15) is 4.79 Å². The quantitative estimate of drug-likeness (QED) is 0.481. The first-order valence-corrected chi connectivity index (χ1v) is 5.49. The fourth-order valence-corrected chi connectivity index (χ4v) is 1.41. The Bertz CT molecular complexity index is 126. The molecule has 0 spiro atoms. The number of carboxylic acids is 1. The Balaban J connectivity index is 0. The van der Waals surface area contributed by atoms with Crippen LogP contribution in [-0.4, -0.2) is 38.4 Å². The van der Waals surface area contributed by atoms with Crippen molar-refractivity contribution >= 4 is 33.3 Å². The molecule has 0 saturated carbocycles. The first-order valence-electron chi connectivity index (χ1n) is 5.49. The number of aliphatic carboxylic acids is 1. The van der Waals surface area contributed by atoms with Crippen LogP contribution in [0.15, 0.2) is 0 Å². The van der Waals surface area contributed by atoms with Gasteiger partial charge in [0, 0.05) is 6.42 Å². The molecular weight excluding hydrogens is 371 g/mol. The molecule has 0 aliphatic carbocycles. The van der Waals surface area contributed by atoms with E-state index < -0.39 is 5.97 Å². The predicted molar refractivity (Wildman–Crippen MR) is 63.4 cm³/mol. The number of hydrogen-bond donors (Lipinski definition) is 1. The first-order chi connectivity index (χ1) is 6.27. The van der Waals surface area contributed by atoms with Crippen LogP contribution in [0.3, 0.4) is 0 Å². The van der Waals surface area contributed by atoms with E-state index in [1.165, 1.54) is 38.5 Å². The standard InChI is InChI=1S/C11H22O2.Pb.2H/c1-2-3-4-5-6-7-8-9-10-11(12)13;;;/h2-10H2,1H3,(H,12,13);;;. The van der Waals surface area contributed by atoms with E-state index in [1.54, 1.807) is 0 Å². The van der Waals surface area contributed by atoms with Gasteiger partial charge in [-0.05, 0) is 6.42 Å². The second-order valence-electron chi connectivity index (χ2n) is 3.62. The number of rotatable bonds is 9. The van der Waals surface area contributed by atoms with Crippen LogP contribution in [0.4, 0.5) is 0 Å². The Morgan fingerprint density at radius 1 is 0.929 bits per heavy atom. The van der Waals surface area contributed by atoms with Crippen molar-refractivity contribution in [3.05, 3.63) is 0 Å². The summed E-state index contributed by atoms with van der Waals surface area (Å²) in [5, 5.41) is 8.39. The molecule has 0 saturated heterocycles. The molecule has 0 aromatic heterocycles. The van der Waals surface area contributed by atoms with Gasteiger partial charge in [0.2, 0.25) is 0 Å². The molecule has 14 heavy (non-hydrogen) atoms. The van der Waals surface area contributed by atoms with Gasteiger partial charge in [-0.2, -0.15) is 0 Å². The molecule has 0 amide bonds. The molecule has 0 atom stereocenters. The zero-order valence-electron chi connectivity index (χ0n) is 9.43. The Morgan fingerprint density at radius 2 is 1.36 bits per heavy atom. The Labute approximate surface area is 108 Å². The van der Waals surface area contributed by atoms with Crippen molar-refractivity contribution in [2.24, 2.45) is 0 Å². The Kier molecular flexibility index (Phi) is 16.1. The SMILES string of the molecule is CCCCCCCCCCC(=O)O.[PbH2]. The molecule has 2 nitrogen and oxygen atoms in total. The summed E-state index contributed by atoms with van der Waals surface area (Å²) in [6.07, 6.45) is 10.1. The van der Waals surface area contributed by atoms with Gasteiger partial charge in [0.1, 0.15) is 0 Å². The van der Waals surface area contributed by atoms with Crippen LogP contribution in [-0.2, 0) is 4.79 Å². The van der Waals surface area contributed by atoms with Crippen LogP contribution in [0, 0.1) is 0 Å². The molecule has 0 aromatic rings. The predicted octanol–water partition coefficient (Wildman–Crippen LogP) is 2.69. The third-order valence-corrected chi connectivity index (χ3v) is 2.24. The van der Waals surface area contributed by atoms with Crippen molar-refractivity contribution in [2.45, 2.75) is 64.7 Å². The molecular formula is C11H24O2Pb. The molecule has 1 N–H and O–H groups in total. The Hall–Kier alpha value is 0.392. The second-order valence-corrected chi connectivity index (χ2v) is 3.62. The van der Waals surface area contributed by atoms with Crippen molar-refractivity contribution in [1.82, 2.24) is 0 Å². The topological polar surface area (TPSA) is 37.3 Å². The molecule has 3 heteroatoms. The van der Waals surface area contributed by atoms with Gasteiger partial charge in [-0.15, -0.1) is 0 Å². The summed E-state index contributed by atoms with van der Waals surface area (Å²) in [7, 11) is 0. The van der Waals surface area contributed by atoms with E-state index >= 15 is 0 Å². The van der Waals surface area contributed by atoms with E-state index in [1.807, 2.05) is 0 Å². The van der Waals surface area contributed by atoms with E-state index in [0.717, 1.165) is 12.8 Å². The van der Waals surface area contributed by atoms with Crippen molar-refractivity contribution in [2.75, 3.05) is 0 Å². The van der Waals surface area contributed by atoms with Crippen LogP contribution in [0.1, 0.15) is 64.7 Å². The summed E-state index contributed by atoms with van der Waals surface area (Å²) in [6, 6.07) is 0. The number of carbonyl (C=O) groups is 1. The third-order valence-electron chi connectivity index (χ3n) is 2.24. The van der Waals surface area contributed by atoms with E-state index in [4.69, 9.17) is 5.11 Å². The number of hydrogen-bond acceptors (Lipinski definition) is 1. The molecule has 0 aliphatic heterocycles. The van der Waals surface area contributed by atoms with Gasteiger partial charge in [0.15, 0.2) is 0 Å². The van der Waals surface area contributed by atoms with Crippen LogP contribution >= 0.6 is 0 Å². The Morgan fingerprint density at radius 3 is 1.79 bits per heavy atom. The molecule has 0 fully saturated rings. The van der Waals surface area contributed by atoms with Crippen LogP contribution in [0.25, 0.3) is 0 Å². The van der Waals surface area contributed by atoms with E-state index in [0.29, 0.717) is 6.42 Å². The van der Waals surface area contributed by atoms with Crippen molar-refractivity contribution in [1.29, 1.82) is 0 Å². The molecule has 0 bridgehead atoms. The fourth-order valence-electron chi connectivity index (χ4n) is 1.41. The van der Waals surface area contributed by atoms with Crippen molar-refractivity contribution < 1.29 is 9.90 Å². The van der Waals surface area contributed by atoms with Crippen LogP contribution in [0.2, 0.25) is 0 Å². The van der Waals surface area contributed by atoms with Crippen molar-refractivity contribution in [3.63, 3.8) is 0 Å². The summed E-state index contributed by atoms with van der Waals surface area (Å²) in [5.41, 5.74) is 0. The average molecular weight is 396 g/mol. The summed E-state index contributed by atoms with van der Waals surface area (Å²) in [6.45, 7) is 2.22. The van der Waals surface area contributed by atoms with Crippen molar-refractivity contribution in [3.8, 4) is 0 Å². The first kappa shape index (κ1) is 16.8. The maximum atomic E-state index is 10.2. The summed E-state index contributed by atoms with van der Waals surface area (Å²) >= 11 is 0. The molecule has 0 unspecified atom stereocenters. The normalized spacial score (nSPS) is 9.50. The summed E-state index contributed by atoms with van der Waals surface area (Å²) in [4.78, 5) is 10.2. The van der Waals surface area contributed by atoms with Gasteiger partial charge >= 0.3 is 33.3 Å². The monoisotopic (exact) mass is 396 g/mol. The van der Waals surface area contributed by atoms with Gasteiger partial charge in [-0.1, -0.05) is 51.9 Å². The molecule has 0 heterocycles. The molecule has 84 valence electrons. The zero-order valence-corrected chi connectivity index (χ0v) is 14.9. The molecule has 0 rings (SSSR count).